The maximum Gasteiger partial charge on any atom is 0.141 e. The van der Waals surface area contributed by atoms with Gasteiger partial charge in [0, 0.05) is 17.7 Å². The van der Waals surface area contributed by atoms with Crippen LogP contribution in [0.5, 0.6) is 5.75 Å². The molecule has 1 saturated heterocycles. The number of aromatic hydroxyl groups is 1. The largest absolute Gasteiger partial charge is 0.508 e. The third-order valence-electron chi connectivity index (χ3n) is 2.51. The molecule has 0 spiro atoms. The molecule has 1 unspecified atom stereocenters. The second-order valence-electron chi connectivity index (χ2n) is 3.47. The second kappa shape index (κ2) is 3.87. The normalized spacial score (nSPS) is 21.4. The van der Waals surface area contributed by atoms with Crippen LogP contribution in [0.25, 0.3) is 0 Å². The van der Waals surface area contributed by atoms with Crippen molar-refractivity contribution in [2.75, 3.05) is 6.54 Å². The Kier molecular flexibility index (Phi) is 2.74. The lowest BCUT2D eigenvalue weighted by molar-refractivity contribution is 0.450. The van der Waals surface area contributed by atoms with Crippen LogP contribution >= 0.6 is 15.9 Å². The summed E-state index contributed by atoms with van der Waals surface area (Å²) in [6.45, 7) is 0.957. The number of phenols is 1. The predicted molar refractivity (Wildman–Crippen MR) is 55.7 cm³/mol. The molecule has 0 bridgehead atoms. The molecule has 0 aliphatic carbocycles. The fourth-order valence-electron chi connectivity index (χ4n) is 1.78. The summed E-state index contributed by atoms with van der Waals surface area (Å²) in [6, 6.07) is 2.96. The third kappa shape index (κ3) is 1.77. The molecule has 2 nitrogen and oxygen atoms in total. The first kappa shape index (κ1) is 9.93. The summed E-state index contributed by atoms with van der Waals surface area (Å²) in [4.78, 5) is 0. The van der Waals surface area contributed by atoms with E-state index in [1.165, 1.54) is 0 Å². The molecular formula is C10H11BrFNO. The van der Waals surface area contributed by atoms with Gasteiger partial charge in [-0.1, -0.05) is 0 Å². The number of halogens is 2. The number of rotatable bonds is 1. The van der Waals surface area contributed by atoms with Crippen molar-refractivity contribution in [2.24, 2.45) is 0 Å². The van der Waals surface area contributed by atoms with Gasteiger partial charge in [0.25, 0.3) is 0 Å². The molecule has 1 heterocycles. The van der Waals surface area contributed by atoms with E-state index in [0.29, 0.717) is 4.47 Å². The molecule has 76 valence electrons. The van der Waals surface area contributed by atoms with E-state index in [9.17, 15) is 9.50 Å². The van der Waals surface area contributed by atoms with Gasteiger partial charge >= 0.3 is 0 Å². The molecule has 1 aromatic carbocycles. The van der Waals surface area contributed by atoms with Gasteiger partial charge in [-0.05, 0) is 41.4 Å². The zero-order valence-corrected chi connectivity index (χ0v) is 9.14. The summed E-state index contributed by atoms with van der Waals surface area (Å²) in [6.07, 6.45) is 2.09. The average Bonchev–Trinajstić information content (AvgIpc) is 2.64. The van der Waals surface area contributed by atoms with E-state index in [-0.39, 0.29) is 11.8 Å². The standard InChI is InChI=1S/C10H11BrFNO/c11-7-4-6(9-2-1-3-13-9)10(14)5-8(7)12/h4-5,9,13-14H,1-3H2. The molecule has 1 atom stereocenters. The zero-order chi connectivity index (χ0) is 10.1. The summed E-state index contributed by atoms with van der Waals surface area (Å²) < 4.78 is 13.4. The molecule has 1 aromatic rings. The van der Waals surface area contributed by atoms with Crippen LogP contribution in [-0.2, 0) is 0 Å². The van der Waals surface area contributed by atoms with Crippen LogP contribution in [0.15, 0.2) is 16.6 Å². The number of hydrogen-bond acceptors (Lipinski definition) is 2. The van der Waals surface area contributed by atoms with E-state index in [4.69, 9.17) is 0 Å². The van der Waals surface area contributed by atoms with Crippen LogP contribution < -0.4 is 5.32 Å². The predicted octanol–water partition coefficient (Wildman–Crippen LogP) is 2.72. The molecule has 1 fully saturated rings. The van der Waals surface area contributed by atoms with Crippen LogP contribution in [0.1, 0.15) is 24.4 Å². The van der Waals surface area contributed by atoms with E-state index in [1.807, 2.05) is 0 Å². The van der Waals surface area contributed by atoms with E-state index >= 15 is 0 Å². The van der Waals surface area contributed by atoms with Crippen LogP contribution in [-0.4, -0.2) is 11.7 Å². The zero-order valence-electron chi connectivity index (χ0n) is 7.56. The molecule has 0 aromatic heterocycles. The lowest BCUT2D eigenvalue weighted by atomic mass is 10.0. The molecule has 0 amide bonds. The van der Waals surface area contributed by atoms with Gasteiger partial charge in [0.15, 0.2) is 0 Å². The Bertz CT molecular complexity index is 350. The van der Waals surface area contributed by atoms with Crippen molar-refractivity contribution in [2.45, 2.75) is 18.9 Å². The molecule has 1 aliphatic rings. The molecule has 2 N–H and O–H groups in total. The summed E-state index contributed by atoms with van der Waals surface area (Å²) in [5, 5.41) is 12.8. The quantitative estimate of drug-likeness (QED) is 0.813. The Labute approximate surface area is 90.3 Å². The summed E-state index contributed by atoms with van der Waals surface area (Å²) in [5.74, 6) is -0.394. The first-order valence-electron chi connectivity index (χ1n) is 4.60. The Morgan fingerprint density at radius 3 is 2.93 bits per heavy atom. The van der Waals surface area contributed by atoms with Gasteiger partial charge in [-0.3, -0.25) is 0 Å². The van der Waals surface area contributed by atoms with E-state index in [1.54, 1.807) is 6.07 Å². The SMILES string of the molecule is Oc1cc(F)c(Br)cc1C1CCCN1. The monoisotopic (exact) mass is 259 g/mol. The average molecular weight is 260 g/mol. The minimum atomic E-state index is -0.427. The Morgan fingerprint density at radius 2 is 2.29 bits per heavy atom. The topological polar surface area (TPSA) is 32.3 Å². The van der Waals surface area contributed by atoms with Crippen LogP contribution in [0.3, 0.4) is 0 Å². The molecule has 0 saturated carbocycles. The molecule has 0 radical (unpaired) electrons. The van der Waals surface area contributed by atoms with Crippen LogP contribution in [0.4, 0.5) is 4.39 Å². The van der Waals surface area contributed by atoms with Gasteiger partial charge in [-0.25, -0.2) is 4.39 Å². The lowest BCUT2D eigenvalue weighted by Crippen LogP contribution is -2.13. The molecular weight excluding hydrogens is 249 g/mol. The maximum atomic E-state index is 13.0. The first-order valence-corrected chi connectivity index (χ1v) is 5.39. The Hall–Kier alpha value is -0.610. The van der Waals surface area contributed by atoms with E-state index < -0.39 is 5.82 Å². The van der Waals surface area contributed by atoms with Gasteiger partial charge in [0.2, 0.25) is 0 Å². The van der Waals surface area contributed by atoms with Crippen molar-refractivity contribution < 1.29 is 9.50 Å². The number of hydrogen-bond donors (Lipinski definition) is 2. The lowest BCUT2D eigenvalue weighted by Gasteiger charge is -2.13. The second-order valence-corrected chi connectivity index (χ2v) is 4.33. The fourth-order valence-corrected chi connectivity index (χ4v) is 2.14. The molecule has 1 aliphatic heterocycles. The fraction of sp³-hybridized carbons (Fsp3) is 0.400. The van der Waals surface area contributed by atoms with Gasteiger partial charge in [0.05, 0.1) is 4.47 Å². The van der Waals surface area contributed by atoms with Crippen molar-refractivity contribution in [1.82, 2.24) is 5.32 Å². The van der Waals surface area contributed by atoms with Gasteiger partial charge < -0.3 is 10.4 Å². The third-order valence-corrected chi connectivity index (χ3v) is 3.11. The smallest absolute Gasteiger partial charge is 0.141 e. The summed E-state index contributed by atoms with van der Waals surface area (Å²) >= 11 is 3.11. The summed E-state index contributed by atoms with van der Waals surface area (Å²) in [7, 11) is 0. The summed E-state index contributed by atoms with van der Waals surface area (Å²) in [5.41, 5.74) is 0.774. The Balaban J connectivity index is 2.37. The number of benzene rings is 1. The number of nitrogens with one attached hydrogen (secondary N) is 1. The highest BCUT2D eigenvalue weighted by molar-refractivity contribution is 9.10. The van der Waals surface area contributed by atoms with Crippen molar-refractivity contribution >= 4 is 15.9 Å². The van der Waals surface area contributed by atoms with E-state index in [0.717, 1.165) is 31.0 Å². The van der Waals surface area contributed by atoms with Gasteiger partial charge in [-0.2, -0.15) is 0 Å². The minimum Gasteiger partial charge on any atom is -0.508 e. The highest BCUT2D eigenvalue weighted by Gasteiger charge is 2.20. The van der Waals surface area contributed by atoms with E-state index in [2.05, 4.69) is 21.2 Å². The highest BCUT2D eigenvalue weighted by atomic mass is 79.9. The van der Waals surface area contributed by atoms with Crippen LogP contribution in [0.2, 0.25) is 0 Å². The van der Waals surface area contributed by atoms with Crippen molar-refractivity contribution in [3.05, 3.63) is 28.0 Å². The highest BCUT2D eigenvalue weighted by Crippen LogP contribution is 2.33. The van der Waals surface area contributed by atoms with Crippen molar-refractivity contribution in [3.63, 3.8) is 0 Å². The minimum absolute atomic E-state index is 0.0325. The van der Waals surface area contributed by atoms with Gasteiger partial charge in [0.1, 0.15) is 11.6 Å². The Morgan fingerprint density at radius 1 is 1.50 bits per heavy atom. The maximum absolute atomic E-state index is 13.0. The van der Waals surface area contributed by atoms with Gasteiger partial charge in [-0.15, -0.1) is 0 Å². The van der Waals surface area contributed by atoms with Crippen molar-refractivity contribution in [1.29, 1.82) is 0 Å². The molecule has 4 heteroatoms. The number of phenolic OH excluding ortho intramolecular Hbond substituents is 1. The molecule has 14 heavy (non-hydrogen) atoms. The molecule has 2 rings (SSSR count). The van der Waals surface area contributed by atoms with Crippen LogP contribution in [0, 0.1) is 5.82 Å². The van der Waals surface area contributed by atoms with Crippen molar-refractivity contribution in [3.8, 4) is 5.75 Å². The first-order chi connectivity index (χ1) is 6.68.